The summed E-state index contributed by atoms with van der Waals surface area (Å²) in [4.78, 5) is 14.2. The molecule has 0 atom stereocenters. The maximum Gasteiger partial charge on any atom is 0.325 e. The van der Waals surface area contributed by atoms with Gasteiger partial charge in [0.1, 0.15) is 11.5 Å². The van der Waals surface area contributed by atoms with E-state index < -0.39 is 0 Å². The van der Waals surface area contributed by atoms with E-state index in [-0.39, 0.29) is 11.5 Å². The SMILES string of the molecule is CCOc1ccc(OC(=O)CN2CCNCC2(C)C)cc1. The molecule has 0 aromatic heterocycles. The Labute approximate surface area is 126 Å². The van der Waals surface area contributed by atoms with E-state index in [1.165, 1.54) is 0 Å². The van der Waals surface area contributed by atoms with Crippen molar-refractivity contribution in [3.63, 3.8) is 0 Å². The van der Waals surface area contributed by atoms with Crippen LogP contribution in [0.4, 0.5) is 0 Å². The maximum absolute atomic E-state index is 12.1. The van der Waals surface area contributed by atoms with Crippen LogP contribution in [0.25, 0.3) is 0 Å². The number of hydrogen-bond acceptors (Lipinski definition) is 5. The van der Waals surface area contributed by atoms with Crippen LogP contribution in [-0.4, -0.2) is 49.2 Å². The van der Waals surface area contributed by atoms with Crippen LogP contribution < -0.4 is 14.8 Å². The predicted molar refractivity (Wildman–Crippen MR) is 81.8 cm³/mol. The van der Waals surface area contributed by atoms with Gasteiger partial charge in [-0.1, -0.05) is 0 Å². The second-order valence-electron chi connectivity index (χ2n) is 5.79. The van der Waals surface area contributed by atoms with Crippen LogP contribution in [0.3, 0.4) is 0 Å². The van der Waals surface area contributed by atoms with E-state index >= 15 is 0 Å². The first-order valence-corrected chi connectivity index (χ1v) is 7.40. The molecule has 0 unspecified atom stereocenters. The zero-order chi connectivity index (χ0) is 15.3. The number of nitrogens with zero attached hydrogens (tertiary/aromatic N) is 1. The summed E-state index contributed by atoms with van der Waals surface area (Å²) >= 11 is 0. The van der Waals surface area contributed by atoms with Crippen molar-refractivity contribution in [1.82, 2.24) is 10.2 Å². The summed E-state index contributed by atoms with van der Waals surface area (Å²) in [6.07, 6.45) is 0. The summed E-state index contributed by atoms with van der Waals surface area (Å²) in [5, 5.41) is 3.34. The third kappa shape index (κ3) is 4.44. The Bertz CT molecular complexity index is 471. The standard InChI is InChI=1S/C16H24N2O3/c1-4-20-13-5-7-14(8-6-13)21-15(19)11-18-10-9-17-12-16(18,2)3/h5-8,17H,4,9-12H2,1-3H3. The second kappa shape index (κ2) is 6.91. The summed E-state index contributed by atoms with van der Waals surface area (Å²) in [7, 11) is 0. The maximum atomic E-state index is 12.1. The van der Waals surface area contributed by atoms with Gasteiger partial charge in [-0.15, -0.1) is 0 Å². The minimum absolute atomic E-state index is 0.0317. The van der Waals surface area contributed by atoms with Crippen molar-refractivity contribution in [2.75, 3.05) is 32.8 Å². The molecule has 0 bridgehead atoms. The van der Waals surface area contributed by atoms with E-state index in [0.717, 1.165) is 25.4 Å². The minimum Gasteiger partial charge on any atom is -0.494 e. The van der Waals surface area contributed by atoms with Crippen molar-refractivity contribution in [3.8, 4) is 11.5 Å². The van der Waals surface area contributed by atoms with Crippen LogP contribution in [0.5, 0.6) is 11.5 Å². The topological polar surface area (TPSA) is 50.8 Å². The Balaban J connectivity index is 1.89. The third-order valence-electron chi connectivity index (χ3n) is 3.66. The number of nitrogens with one attached hydrogen (secondary N) is 1. The number of rotatable bonds is 5. The molecule has 1 heterocycles. The van der Waals surface area contributed by atoms with Crippen molar-refractivity contribution in [1.29, 1.82) is 0 Å². The van der Waals surface area contributed by atoms with Gasteiger partial charge in [-0.2, -0.15) is 0 Å². The quantitative estimate of drug-likeness (QED) is 0.661. The number of ether oxygens (including phenoxy) is 2. The summed E-state index contributed by atoms with van der Waals surface area (Å²) in [5.41, 5.74) is -0.0317. The van der Waals surface area contributed by atoms with E-state index in [1.54, 1.807) is 24.3 Å². The van der Waals surface area contributed by atoms with Gasteiger partial charge in [0.25, 0.3) is 0 Å². The van der Waals surface area contributed by atoms with E-state index in [2.05, 4.69) is 24.1 Å². The van der Waals surface area contributed by atoms with Crippen LogP contribution in [0.2, 0.25) is 0 Å². The Morgan fingerprint density at radius 2 is 1.95 bits per heavy atom. The number of hydrogen-bond donors (Lipinski definition) is 1. The monoisotopic (exact) mass is 292 g/mol. The molecule has 1 saturated heterocycles. The molecular weight excluding hydrogens is 268 g/mol. The molecule has 1 fully saturated rings. The lowest BCUT2D eigenvalue weighted by atomic mass is 10.0. The zero-order valence-electron chi connectivity index (χ0n) is 13.0. The number of carbonyl (C=O) groups is 1. The van der Waals surface area contributed by atoms with E-state index in [9.17, 15) is 4.79 Å². The molecule has 0 amide bonds. The van der Waals surface area contributed by atoms with Crippen molar-refractivity contribution in [3.05, 3.63) is 24.3 Å². The van der Waals surface area contributed by atoms with Gasteiger partial charge in [-0.05, 0) is 45.0 Å². The smallest absolute Gasteiger partial charge is 0.325 e. The molecule has 1 N–H and O–H groups in total. The van der Waals surface area contributed by atoms with Gasteiger partial charge in [0, 0.05) is 25.2 Å². The Morgan fingerprint density at radius 1 is 1.29 bits per heavy atom. The number of esters is 1. The van der Waals surface area contributed by atoms with Gasteiger partial charge in [-0.3, -0.25) is 9.69 Å². The Kier molecular flexibility index (Phi) is 5.20. The summed E-state index contributed by atoms with van der Waals surface area (Å²) in [6, 6.07) is 7.12. The fourth-order valence-corrected chi connectivity index (χ4v) is 2.41. The Hall–Kier alpha value is -1.59. The highest BCUT2D eigenvalue weighted by molar-refractivity contribution is 5.74. The highest BCUT2D eigenvalue weighted by Gasteiger charge is 2.31. The molecule has 21 heavy (non-hydrogen) atoms. The van der Waals surface area contributed by atoms with Crippen molar-refractivity contribution in [2.24, 2.45) is 0 Å². The summed E-state index contributed by atoms with van der Waals surface area (Å²) in [6.45, 7) is 9.75. The molecular formula is C16H24N2O3. The lowest BCUT2D eigenvalue weighted by Crippen LogP contribution is -2.59. The predicted octanol–water partition coefficient (Wildman–Crippen LogP) is 1.67. The van der Waals surface area contributed by atoms with Gasteiger partial charge in [-0.25, -0.2) is 0 Å². The van der Waals surface area contributed by atoms with Gasteiger partial charge in [0.05, 0.1) is 13.2 Å². The summed E-state index contributed by atoms with van der Waals surface area (Å²) < 4.78 is 10.7. The fourth-order valence-electron chi connectivity index (χ4n) is 2.41. The number of piperazine rings is 1. The number of benzene rings is 1. The molecule has 1 aromatic carbocycles. The van der Waals surface area contributed by atoms with Crippen LogP contribution >= 0.6 is 0 Å². The molecule has 5 nitrogen and oxygen atoms in total. The molecule has 0 spiro atoms. The van der Waals surface area contributed by atoms with Crippen LogP contribution in [0, 0.1) is 0 Å². The zero-order valence-corrected chi connectivity index (χ0v) is 13.0. The minimum atomic E-state index is -0.228. The highest BCUT2D eigenvalue weighted by Crippen LogP contribution is 2.19. The normalized spacial score (nSPS) is 18.2. The molecule has 0 radical (unpaired) electrons. The molecule has 5 heteroatoms. The molecule has 1 aliphatic rings. The molecule has 2 rings (SSSR count). The highest BCUT2D eigenvalue weighted by atomic mass is 16.5. The molecule has 0 saturated carbocycles. The largest absolute Gasteiger partial charge is 0.494 e. The molecule has 116 valence electrons. The van der Waals surface area contributed by atoms with Gasteiger partial charge < -0.3 is 14.8 Å². The average molecular weight is 292 g/mol. The fraction of sp³-hybridized carbons (Fsp3) is 0.562. The van der Waals surface area contributed by atoms with Crippen LogP contribution in [0.15, 0.2) is 24.3 Å². The first-order valence-electron chi connectivity index (χ1n) is 7.40. The van der Waals surface area contributed by atoms with E-state index in [1.807, 2.05) is 6.92 Å². The van der Waals surface area contributed by atoms with Gasteiger partial charge in [0.2, 0.25) is 0 Å². The van der Waals surface area contributed by atoms with Crippen LogP contribution in [0.1, 0.15) is 20.8 Å². The molecule has 1 aliphatic heterocycles. The van der Waals surface area contributed by atoms with Crippen molar-refractivity contribution < 1.29 is 14.3 Å². The lowest BCUT2D eigenvalue weighted by molar-refractivity contribution is -0.137. The van der Waals surface area contributed by atoms with Crippen molar-refractivity contribution >= 4 is 5.97 Å². The van der Waals surface area contributed by atoms with Gasteiger partial charge >= 0.3 is 5.97 Å². The Morgan fingerprint density at radius 3 is 2.57 bits per heavy atom. The first kappa shape index (κ1) is 15.8. The lowest BCUT2D eigenvalue weighted by Gasteiger charge is -2.42. The van der Waals surface area contributed by atoms with Crippen LogP contribution in [-0.2, 0) is 4.79 Å². The second-order valence-corrected chi connectivity index (χ2v) is 5.79. The molecule has 1 aromatic rings. The first-order chi connectivity index (χ1) is 10.0. The third-order valence-corrected chi connectivity index (χ3v) is 3.66. The average Bonchev–Trinajstić information content (AvgIpc) is 2.44. The summed E-state index contributed by atoms with van der Waals surface area (Å²) in [5.74, 6) is 1.10. The molecule has 0 aliphatic carbocycles. The van der Waals surface area contributed by atoms with Gasteiger partial charge in [0.15, 0.2) is 0 Å². The van der Waals surface area contributed by atoms with E-state index in [4.69, 9.17) is 9.47 Å². The van der Waals surface area contributed by atoms with E-state index in [0.29, 0.717) is 18.9 Å². The van der Waals surface area contributed by atoms with Crippen molar-refractivity contribution in [2.45, 2.75) is 26.3 Å². The number of carbonyl (C=O) groups excluding carboxylic acids is 1.